The summed E-state index contributed by atoms with van der Waals surface area (Å²) in [5, 5.41) is 29.6. The number of hydrogen-bond acceptors (Lipinski definition) is 10. The minimum absolute atomic E-state index is 0.0267. The quantitative estimate of drug-likeness (QED) is 0.162. The predicted octanol–water partition coefficient (Wildman–Crippen LogP) is 8.34. The van der Waals surface area contributed by atoms with Crippen molar-refractivity contribution in [3.8, 4) is 6.07 Å². The lowest BCUT2D eigenvalue weighted by molar-refractivity contribution is -0.0691. The van der Waals surface area contributed by atoms with E-state index in [2.05, 4.69) is 63.8 Å². The fourth-order valence-electron chi connectivity index (χ4n) is 7.54. The molecular weight excluding hydrogens is 720 g/mol. The van der Waals surface area contributed by atoms with Crippen LogP contribution in [0.2, 0.25) is 10.0 Å². The standard InChI is InChI=1S/C38H40Cl2FN9OS/c1-38(2,3)49-11-7-24(8-12-49)50-17-32(46-47-50)37(28-21-52-33-18-48(10-9-26(28)33)25-19-51-20-25)44-23-13-27-35(45-31-6-4-5-29(39)34(31)41)22(15-42)16-43-36(27)30(40)14-23/h4-6,13-14,16-17,21,24-25,37,44H,7-12,18-20H2,1-3H3,(H,43,45). The number of rotatable bonds is 8. The van der Waals surface area contributed by atoms with Crippen molar-refractivity contribution in [1.29, 1.82) is 5.26 Å². The van der Waals surface area contributed by atoms with Gasteiger partial charge in [0.15, 0.2) is 5.82 Å². The molecule has 2 aromatic carbocycles. The number of piperidine rings is 1. The number of aromatic nitrogens is 4. The third-order valence-electron chi connectivity index (χ3n) is 10.6. The molecule has 0 saturated carbocycles. The van der Waals surface area contributed by atoms with Gasteiger partial charge < -0.3 is 15.4 Å². The first-order valence-electron chi connectivity index (χ1n) is 17.6. The second-order valence-electron chi connectivity index (χ2n) is 14.8. The summed E-state index contributed by atoms with van der Waals surface area (Å²) < 4.78 is 22.6. The van der Waals surface area contributed by atoms with Crippen LogP contribution in [0.1, 0.15) is 73.0 Å². The molecule has 0 radical (unpaired) electrons. The van der Waals surface area contributed by atoms with Crippen molar-refractivity contribution in [1.82, 2.24) is 29.8 Å². The maximum atomic E-state index is 15.1. The molecule has 0 aliphatic carbocycles. The van der Waals surface area contributed by atoms with Crippen LogP contribution in [0.3, 0.4) is 0 Å². The normalized spacial score (nSPS) is 18.2. The fourth-order valence-corrected chi connectivity index (χ4v) is 9.13. The van der Waals surface area contributed by atoms with Crippen molar-refractivity contribution in [2.45, 2.75) is 70.2 Å². The summed E-state index contributed by atoms with van der Waals surface area (Å²) in [5.74, 6) is -0.615. The number of fused-ring (bicyclic) bond motifs is 2. The van der Waals surface area contributed by atoms with Crippen LogP contribution >= 0.6 is 34.5 Å². The highest BCUT2D eigenvalue weighted by Gasteiger charge is 2.34. The van der Waals surface area contributed by atoms with Crippen molar-refractivity contribution in [3.63, 3.8) is 0 Å². The molecule has 0 spiro atoms. The molecule has 2 saturated heterocycles. The molecule has 0 bridgehead atoms. The summed E-state index contributed by atoms with van der Waals surface area (Å²) in [7, 11) is 0. The number of nitriles is 1. The van der Waals surface area contributed by atoms with E-state index < -0.39 is 5.82 Å². The topological polar surface area (TPSA) is 107 Å². The number of anilines is 3. The summed E-state index contributed by atoms with van der Waals surface area (Å²) in [6, 6.07) is 11.0. The molecular formula is C38H40Cl2FN9OS. The van der Waals surface area contributed by atoms with E-state index in [0.29, 0.717) is 33.3 Å². The summed E-state index contributed by atoms with van der Waals surface area (Å²) in [6.07, 6.45) is 6.46. The first kappa shape index (κ1) is 35.2. The molecule has 5 aromatic rings. The molecule has 2 N–H and O–H groups in total. The zero-order valence-electron chi connectivity index (χ0n) is 29.3. The molecule has 270 valence electrons. The van der Waals surface area contributed by atoms with Gasteiger partial charge in [-0.25, -0.2) is 9.07 Å². The number of pyridine rings is 1. The molecule has 3 aromatic heterocycles. The number of halogens is 3. The van der Waals surface area contributed by atoms with Crippen LogP contribution in [-0.2, 0) is 17.7 Å². The number of ether oxygens (including phenoxy) is 1. The Balaban J connectivity index is 1.17. The highest BCUT2D eigenvalue weighted by molar-refractivity contribution is 7.10. The number of likely N-dealkylation sites (tertiary alicyclic amines) is 1. The number of hydrogen-bond donors (Lipinski definition) is 2. The Morgan fingerprint density at radius 3 is 2.63 bits per heavy atom. The van der Waals surface area contributed by atoms with E-state index in [1.165, 1.54) is 28.3 Å². The van der Waals surface area contributed by atoms with Gasteiger partial charge in [-0.2, -0.15) is 5.26 Å². The lowest BCUT2D eigenvalue weighted by Crippen LogP contribution is -2.50. The molecule has 8 rings (SSSR count). The largest absolute Gasteiger partial charge is 0.378 e. The molecule has 1 unspecified atom stereocenters. The van der Waals surface area contributed by atoms with Gasteiger partial charge in [0.05, 0.1) is 70.0 Å². The van der Waals surface area contributed by atoms with Crippen LogP contribution in [-0.4, -0.2) is 74.2 Å². The Morgan fingerprint density at radius 1 is 1.10 bits per heavy atom. The molecule has 0 amide bonds. The zero-order chi connectivity index (χ0) is 36.1. The van der Waals surface area contributed by atoms with Crippen LogP contribution in [0.4, 0.5) is 21.5 Å². The van der Waals surface area contributed by atoms with Crippen molar-refractivity contribution in [2.24, 2.45) is 0 Å². The predicted molar refractivity (Wildman–Crippen MR) is 204 cm³/mol. The van der Waals surface area contributed by atoms with Gasteiger partial charge >= 0.3 is 0 Å². The van der Waals surface area contributed by atoms with Gasteiger partial charge in [0, 0.05) is 53.9 Å². The maximum absolute atomic E-state index is 15.1. The molecule has 3 aliphatic heterocycles. The van der Waals surface area contributed by atoms with Crippen LogP contribution < -0.4 is 10.6 Å². The summed E-state index contributed by atoms with van der Waals surface area (Å²) in [6.45, 7) is 12.3. The third kappa shape index (κ3) is 6.75. The number of nitrogens with zero attached hydrogens (tertiary/aromatic N) is 7. The lowest BCUT2D eigenvalue weighted by atomic mass is 9.95. The minimum atomic E-state index is -0.615. The maximum Gasteiger partial charge on any atom is 0.165 e. The second-order valence-corrected chi connectivity index (χ2v) is 16.6. The highest BCUT2D eigenvalue weighted by atomic mass is 35.5. The Kier molecular flexibility index (Phi) is 9.61. The van der Waals surface area contributed by atoms with Crippen LogP contribution in [0.15, 0.2) is 48.1 Å². The van der Waals surface area contributed by atoms with Crippen molar-refractivity contribution in [2.75, 3.05) is 43.5 Å². The van der Waals surface area contributed by atoms with E-state index in [9.17, 15) is 5.26 Å². The highest BCUT2D eigenvalue weighted by Crippen LogP contribution is 2.41. The average molecular weight is 761 g/mol. The Hall–Kier alpha value is -3.83. The number of benzene rings is 2. The number of thiophene rings is 1. The van der Waals surface area contributed by atoms with Crippen molar-refractivity contribution < 1.29 is 9.13 Å². The van der Waals surface area contributed by atoms with Gasteiger partial charge in [-0.05, 0) is 80.8 Å². The molecule has 1 atom stereocenters. The molecule has 2 fully saturated rings. The van der Waals surface area contributed by atoms with Crippen LogP contribution in [0.25, 0.3) is 10.9 Å². The van der Waals surface area contributed by atoms with Gasteiger partial charge in [-0.1, -0.05) is 34.5 Å². The fraction of sp³-hybridized carbons (Fsp3) is 0.421. The first-order chi connectivity index (χ1) is 25.1. The van der Waals surface area contributed by atoms with E-state index in [-0.39, 0.29) is 33.9 Å². The Bertz CT molecular complexity index is 2160. The molecule has 52 heavy (non-hydrogen) atoms. The Labute approximate surface area is 316 Å². The van der Waals surface area contributed by atoms with E-state index in [0.717, 1.165) is 64.3 Å². The summed E-state index contributed by atoms with van der Waals surface area (Å²) in [5.41, 5.74) is 5.40. The van der Waals surface area contributed by atoms with Crippen molar-refractivity contribution >= 4 is 62.5 Å². The number of nitrogens with one attached hydrogen (secondary N) is 2. The van der Waals surface area contributed by atoms with Gasteiger partial charge in [0.1, 0.15) is 11.8 Å². The zero-order valence-corrected chi connectivity index (χ0v) is 31.6. The Morgan fingerprint density at radius 2 is 1.90 bits per heavy atom. The van der Waals surface area contributed by atoms with Crippen LogP contribution in [0.5, 0.6) is 0 Å². The molecule has 14 heteroatoms. The van der Waals surface area contributed by atoms with Gasteiger partial charge in [0.2, 0.25) is 0 Å². The van der Waals surface area contributed by atoms with Gasteiger partial charge in [-0.15, -0.1) is 16.4 Å². The molecule has 10 nitrogen and oxygen atoms in total. The first-order valence-corrected chi connectivity index (χ1v) is 19.3. The lowest BCUT2D eigenvalue weighted by Gasteiger charge is -2.40. The molecule has 3 aliphatic rings. The van der Waals surface area contributed by atoms with E-state index in [1.54, 1.807) is 23.5 Å². The minimum Gasteiger partial charge on any atom is -0.378 e. The van der Waals surface area contributed by atoms with Gasteiger partial charge in [-0.3, -0.25) is 14.8 Å². The van der Waals surface area contributed by atoms with Crippen LogP contribution in [0, 0.1) is 17.1 Å². The van der Waals surface area contributed by atoms with Crippen molar-refractivity contribution in [3.05, 3.63) is 91.2 Å². The second kappa shape index (κ2) is 14.2. The smallest absolute Gasteiger partial charge is 0.165 e. The van der Waals surface area contributed by atoms with E-state index in [1.807, 2.05) is 16.8 Å². The SMILES string of the molecule is CC(C)(C)N1CCC(n2cc(C(Nc3cc(Cl)c4ncc(C#N)c(Nc5cccc(Cl)c5F)c4c3)c3csc4c3CCN(C3COC3)C4)nn2)CC1. The van der Waals surface area contributed by atoms with E-state index >= 15 is 4.39 Å². The van der Waals surface area contributed by atoms with Gasteiger partial charge in [0.25, 0.3) is 0 Å². The molecule has 6 heterocycles. The summed E-state index contributed by atoms with van der Waals surface area (Å²) in [4.78, 5) is 10.9. The monoisotopic (exact) mass is 759 g/mol. The third-order valence-corrected chi connectivity index (χ3v) is 12.2. The summed E-state index contributed by atoms with van der Waals surface area (Å²) >= 11 is 14.8. The van der Waals surface area contributed by atoms with E-state index in [4.69, 9.17) is 38.3 Å². The average Bonchev–Trinajstić information content (AvgIpc) is 3.76.